The first-order valence-corrected chi connectivity index (χ1v) is 11.9. The number of sulfonamides is 1. The lowest BCUT2D eigenvalue weighted by Gasteiger charge is -2.15. The normalized spacial score (nSPS) is 12.8. The number of carbonyl (C=O) groups is 1. The quantitative estimate of drug-likeness (QED) is 0.567. The standard InChI is InChI=1S/C17H22Cl2N4O3S2/c1-4-6-10(3)23-28(25,26)14-8-11(12(18)9-13(14)19)16(24)20-17-22-21-15(27-17)7-5-2/h8-10,23H,4-7H2,1-3H3,(H,20,22,24). The van der Waals surface area contributed by atoms with E-state index in [0.717, 1.165) is 24.3 Å². The van der Waals surface area contributed by atoms with E-state index in [1.54, 1.807) is 6.92 Å². The van der Waals surface area contributed by atoms with Crippen molar-refractivity contribution in [2.24, 2.45) is 0 Å². The molecule has 2 aromatic rings. The summed E-state index contributed by atoms with van der Waals surface area (Å²) in [5.74, 6) is -0.584. The summed E-state index contributed by atoms with van der Waals surface area (Å²) in [5, 5.41) is 11.6. The van der Waals surface area contributed by atoms with Crippen molar-refractivity contribution < 1.29 is 13.2 Å². The molecule has 154 valence electrons. The van der Waals surface area contributed by atoms with E-state index in [2.05, 4.69) is 20.2 Å². The molecule has 0 aliphatic heterocycles. The van der Waals surface area contributed by atoms with Crippen LogP contribution >= 0.6 is 34.5 Å². The number of amides is 1. The van der Waals surface area contributed by atoms with Crippen LogP contribution in [0.4, 0.5) is 5.13 Å². The number of hydrogen-bond donors (Lipinski definition) is 2. The number of nitrogens with one attached hydrogen (secondary N) is 2. The summed E-state index contributed by atoms with van der Waals surface area (Å²) >= 11 is 13.5. The monoisotopic (exact) mass is 464 g/mol. The van der Waals surface area contributed by atoms with E-state index in [4.69, 9.17) is 23.2 Å². The minimum absolute atomic E-state index is 0.0122. The predicted molar refractivity (Wildman–Crippen MR) is 113 cm³/mol. The first-order chi connectivity index (χ1) is 13.2. The Morgan fingerprint density at radius 1 is 1.18 bits per heavy atom. The van der Waals surface area contributed by atoms with Crippen molar-refractivity contribution in [3.8, 4) is 0 Å². The van der Waals surface area contributed by atoms with Gasteiger partial charge in [-0.1, -0.05) is 54.8 Å². The van der Waals surface area contributed by atoms with Gasteiger partial charge in [0.05, 0.1) is 15.6 Å². The number of halogens is 2. The maximum absolute atomic E-state index is 12.7. The molecular weight excluding hydrogens is 443 g/mol. The number of rotatable bonds is 9. The van der Waals surface area contributed by atoms with E-state index in [1.807, 2.05) is 13.8 Å². The van der Waals surface area contributed by atoms with Crippen LogP contribution < -0.4 is 10.0 Å². The molecule has 2 rings (SSSR count). The summed E-state index contributed by atoms with van der Waals surface area (Å²) < 4.78 is 27.9. The van der Waals surface area contributed by atoms with Crippen LogP contribution in [0.1, 0.15) is 55.4 Å². The maximum atomic E-state index is 12.7. The summed E-state index contributed by atoms with van der Waals surface area (Å²) in [6, 6.07) is 2.16. The van der Waals surface area contributed by atoms with Crippen LogP contribution in [-0.4, -0.2) is 30.6 Å². The van der Waals surface area contributed by atoms with Gasteiger partial charge in [-0.3, -0.25) is 10.1 Å². The van der Waals surface area contributed by atoms with Gasteiger partial charge in [0.15, 0.2) is 0 Å². The Labute approximate surface area is 178 Å². The molecule has 1 heterocycles. The second-order valence-corrected chi connectivity index (χ2v) is 9.84. The largest absolute Gasteiger partial charge is 0.296 e. The molecular formula is C17H22Cl2N4O3S2. The van der Waals surface area contributed by atoms with Crippen LogP contribution in [0, 0.1) is 0 Å². The van der Waals surface area contributed by atoms with E-state index >= 15 is 0 Å². The van der Waals surface area contributed by atoms with E-state index in [9.17, 15) is 13.2 Å². The van der Waals surface area contributed by atoms with Gasteiger partial charge in [0.2, 0.25) is 15.2 Å². The molecule has 0 fully saturated rings. The highest BCUT2D eigenvalue weighted by Crippen LogP contribution is 2.30. The average Bonchev–Trinajstić information content (AvgIpc) is 3.01. The highest BCUT2D eigenvalue weighted by atomic mass is 35.5. The molecule has 0 radical (unpaired) electrons. The molecule has 0 saturated heterocycles. The fourth-order valence-electron chi connectivity index (χ4n) is 2.51. The number of hydrogen-bond acceptors (Lipinski definition) is 6. The van der Waals surface area contributed by atoms with Crippen molar-refractivity contribution in [3.05, 3.63) is 32.7 Å². The Hall–Kier alpha value is -1.26. The Morgan fingerprint density at radius 2 is 1.89 bits per heavy atom. The molecule has 1 aromatic heterocycles. The molecule has 1 unspecified atom stereocenters. The molecule has 11 heteroatoms. The van der Waals surface area contributed by atoms with Gasteiger partial charge in [0.1, 0.15) is 9.90 Å². The van der Waals surface area contributed by atoms with Gasteiger partial charge in [0, 0.05) is 12.5 Å². The van der Waals surface area contributed by atoms with E-state index in [-0.39, 0.29) is 26.5 Å². The molecule has 2 N–H and O–H groups in total. The first-order valence-electron chi connectivity index (χ1n) is 8.83. The lowest BCUT2D eigenvalue weighted by atomic mass is 10.2. The Morgan fingerprint density at radius 3 is 2.54 bits per heavy atom. The van der Waals surface area contributed by atoms with E-state index in [1.165, 1.54) is 23.5 Å². The lowest BCUT2D eigenvalue weighted by molar-refractivity contribution is 0.102. The van der Waals surface area contributed by atoms with Crippen molar-refractivity contribution in [3.63, 3.8) is 0 Å². The topological polar surface area (TPSA) is 101 Å². The van der Waals surface area contributed by atoms with Crippen LogP contribution in [0.25, 0.3) is 0 Å². The predicted octanol–water partition coefficient (Wildman–Crippen LogP) is 4.52. The molecule has 28 heavy (non-hydrogen) atoms. The summed E-state index contributed by atoms with van der Waals surface area (Å²) in [4.78, 5) is 12.4. The molecule has 0 bridgehead atoms. The van der Waals surface area contributed by atoms with Crippen LogP contribution in [-0.2, 0) is 16.4 Å². The first kappa shape index (κ1) is 23.0. The second kappa shape index (κ2) is 9.98. The Kier molecular flexibility index (Phi) is 8.20. The van der Waals surface area contributed by atoms with Gasteiger partial charge in [-0.2, -0.15) is 0 Å². The van der Waals surface area contributed by atoms with Gasteiger partial charge in [0.25, 0.3) is 5.91 Å². The highest BCUT2D eigenvalue weighted by Gasteiger charge is 2.24. The van der Waals surface area contributed by atoms with Gasteiger partial charge in [-0.05, 0) is 31.9 Å². The number of carbonyl (C=O) groups excluding carboxylic acids is 1. The number of benzene rings is 1. The van der Waals surface area contributed by atoms with Crippen molar-refractivity contribution >= 4 is 55.6 Å². The number of aryl methyl sites for hydroxylation is 1. The summed E-state index contributed by atoms with van der Waals surface area (Å²) in [6.07, 6.45) is 3.18. The van der Waals surface area contributed by atoms with Crippen molar-refractivity contribution in [2.45, 2.75) is 57.4 Å². The number of anilines is 1. The molecule has 1 amide bonds. The van der Waals surface area contributed by atoms with Crippen molar-refractivity contribution in [1.82, 2.24) is 14.9 Å². The molecule has 7 nitrogen and oxygen atoms in total. The third-order valence-electron chi connectivity index (χ3n) is 3.78. The minimum Gasteiger partial charge on any atom is -0.296 e. The minimum atomic E-state index is -3.91. The summed E-state index contributed by atoms with van der Waals surface area (Å²) in [6.45, 7) is 5.74. The fraction of sp³-hybridized carbons (Fsp3) is 0.471. The number of aromatic nitrogens is 2. The van der Waals surface area contributed by atoms with Gasteiger partial charge >= 0.3 is 0 Å². The summed E-state index contributed by atoms with van der Waals surface area (Å²) in [7, 11) is -3.91. The summed E-state index contributed by atoms with van der Waals surface area (Å²) in [5.41, 5.74) is -0.0122. The zero-order valence-electron chi connectivity index (χ0n) is 15.8. The Bertz CT molecular complexity index is 948. The van der Waals surface area contributed by atoms with Crippen LogP contribution in [0.3, 0.4) is 0 Å². The van der Waals surface area contributed by atoms with Crippen LogP contribution in [0.5, 0.6) is 0 Å². The van der Waals surface area contributed by atoms with Crippen LogP contribution in [0.15, 0.2) is 17.0 Å². The maximum Gasteiger partial charge on any atom is 0.259 e. The number of nitrogens with zero attached hydrogens (tertiary/aromatic N) is 2. The zero-order chi connectivity index (χ0) is 20.9. The van der Waals surface area contributed by atoms with E-state index in [0.29, 0.717) is 11.6 Å². The zero-order valence-corrected chi connectivity index (χ0v) is 18.9. The highest BCUT2D eigenvalue weighted by molar-refractivity contribution is 7.89. The molecule has 0 saturated carbocycles. The van der Waals surface area contributed by atoms with E-state index < -0.39 is 15.9 Å². The van der Waals surface area contributed by atoms with Crippen molar-refractivity contribution in [2.75, 3.05) is 5.32 Å². The molecule has 0 aliphatic rings. The SMILES string of the molecule is CCCc1nnc(NC(=O)c2cc(S(=O)(=O)NC(C)CCC)c(Cl)cc2Cl)s1. The second-order valence-electron chi connectivity index (χ2n) is 6.28. The molecule has 1 atom stereocenters. The smallest absolute Gasteiger partial charge is 0.259 e. The Balaban J connectivity index is 2.29. The lowest BCUT2D eigenvalue weighted by Crippen LogP contribution is -2.32. The van der Waals surface area contributed by atoms with Gasteiger partial charge in [-0.25, -0.2) is 13.1 Å². The van der Waals surface area contributed by atoms with Gasteiger partial charge < -0.3 is 0 Å². The third kappa shape index (κ3) is 5.87. The van der Waals surface area contributed by atoms with Gasteiger partial charge in [-0.15, -0.1) is 10.2 Å². The fourth-order valence-corrected chi connectivity index (χ4v) is 5.49. The average molecular weight is 465 g/mol. The van der Waals surface area contributed by atoms with Crippen LogP contribution in [0.2, 0.25) is 10.0 Å². The molecule has 1 aromatic carbocycles. The molecule has 0 aliphatic carbocycles. The molecule has 0 spiro atoms. The third-order valence-corrected chi connectivity index (χ3v) is 7.05. The van der Waals surface area contributed by atoms with Crippen molar-refractivity contribution in [1.29, 1.82) is 0 Å².